The third-order valence-electron chi connectivity index (χ3n) is 5.95. The maximum absolute atomic E-state index is 12.7. The lowest BCUT2D eigenvalue weighted by Crippen LogP contribution is -2.58. The number of para-hydroxylation sites is 1. The lowest BCUT2D eigenvalue weighted by molar-refractivity contribution is -0.196. The lowest BCUT2D eigenvalue weighted by atomic mass is 9.48. The SMILES string of the molecule is O=C(COC(=O)C12CC3CC(CC(O)(C3)C1)C2)Nc1ccccc1Br. The number of rotatable bonds is 4. The zero-order chi connectivity index (χ0) is 17.7. The molecule has 4 bridgehead atoms. The van der Waals surface area contributed by atoms with Gasteiger partial charge in [0.1, 0.15) is 0 Å². The normalized spacial score (nSPS) is 35.4. The van der Waals surface area contributed by atoms with E-state index in [1.54, 1.807) is 6.07 Å². The van der Waals surface area contributed by atoms with Gasteiger partial charge in [0.05, 0.1) is 16.7 Å². The number of aliphatic hydroxyl groups is 1. The standard InChI is InChI=1S/C19H22BrNO4/c20-14-3-1-2-4-15(14)21-16(22)10-25-17(23)18-6-12-5-13(7-18)9-19(24,8-12)11-18/h1-4,12-13,24H,5-11H2,(H,21,22). The minimum Gasteiger partial charge on any atom is -0.455 e. The minimum atomic E-state index is -0.708. The van der Waals surface area contributed by atoms with Gasteiger partial charge in [0.15, 0.2) is 6.61 Å². The van der Waals surface area contributed by atoms with Gasteiger partial charge >= 0.3 is 5.97 Å². The van der Waals surface area contributed by atoms with Gasteiger partial charge in [-0.25, -0.2) is 0 Å². The predicted molar refractivity (Wildman–Crippen MR) is 95.8 cm³/mol. The van der Waals surface area contributed by atoms with Crippen LogP contribution < -0.4 is 5.32 Å². The highest BCUT2D eigenvalue weighted by atomic mass is 79.9. The van der Waals surface area contributed by atoms with Crippen LogP contribution in [0.5, 0.6) is 0 Å². The van der Waals surface area contributed by atoms with Crippen molar-refractivity contribution in [1.82, 2.24) is 0 Å². The molecule has 0 heterocycles. The largest absolute Gasteiger partial charge is 0.455 e. The smallest absolute Gasteiger partial charge is 0.312 e. The third-order valence-corrected chi connectivity index (χ3v) is 6.64. The number of nitrogens with one attached hydrogen (secondary N) is 1. The highest BCUT2D eigenvalue weighted by Crippen LogP contribution is 2.61. The number of esters is 1. The van der Waals surface area contributed by atoms with Crippen LogP contribution in [0, 0.1) is 17.3 Å². The van der Waals surface area contributed by atoms with E-state index in [2.05, 4.69) is 21.2 Å². The number of benzene rings is 1. The highest BCUT2D eigenvalue weighted by molar-refractivity contribution is 9.10. The van der Waals surface area contributed by atoms with Crippen molar-refractivity contribution in [3.8, 4) is 0 Å². The average Bonchev–Trinajstić information content (AvgIpc) is 2.52. The Morgan fingerprint density at radius 1 is 1.20 bits per heavy atom. The van der Waals surface area contributed by atoms with Crippen LogP contribution in [-0.2, 0) is 14.3 Å². The molecule has 1 amide bonds. The Kier molecular flexibility index (Phi) is 4.15. The minimum absolute atomic E-state index is 0.296. The monoisotopic (exact) mass is 407 g/mol. The maximum atomic E-state index is 12.7. The fourth-order valence-electron chi connectivity index (χ4n) is 5.49. The molecule has 25 heavy (non-hydrogen) atoms. The first-order valence-corrected chi connectivity index (χ1v) is 9.61. The van der Waals surface area contributed by atoms with E-state index in [0.29, 0.717) is 23.9 Å². The molecule has 2 N–H and O–H groups in total. The molecule has 1 aromatic carbocycles. The molecule has 0 spiro atoms. The van der Waals surface area contributed by atoms with Gasteiger partial charge in [-0.15, -0.1) is 0 Å². The first kappa shape index (κ1) is 17.0. The molecule has 0 aromatic heterocycles. The third kappa shape index (κ3) is 3.22. The van der Waals surface area contributed by atoms with E-state index in [1.807, 2.05) is 18.2 Å². The summed E-state index contributed by atoms with van der Waals surface area (Å²) in [5.41, 5.74) is -0.653. The topological polar surface area (TPSA) is 75.6 Å². The van der Waals surface area contributed by atoms with E-state index in [4.69, 9.17) is 4.74 Å². The van der Waals surface area contributed by atoms with Crippen molar-refractivity contribution in [2.24, 2.45) is 17.3 Å². The molecule has 0 radical (unpaired) electrons. The van der Waals surface area contributed by atoms with E-state index >= 15 is 0 Å². The van der Waals surface area contributed by atoms with E-state index in [9.17, 15) is 14.7 Å². The molecular weight excluding hydrogens is 386 g/mol. The van der Waals surface area contributed by atoms with Crippen molar-refractivity contribution < 1.29 is 19.4 Å². The van der Waals surface area contributed by atoms with E-state index in [-0.39, 0.29) is 18.5 Å². The van der Waals surface area contributed by atoms with E-state index < -0.39 is 11.0 Å². The van der Waals surface area contributed by atoms with Crippen molar-refractivity contribution in [1.29, 1.82) is 0 Å². The number of carbonyl (C=O) groups is 2. The number of hydrogen-bond acceptors (Lipinski definition) is 4. The second-order valence-corrected chi connectivity index (χ2v) is 8.92. The summed E-state index contributed by atoms with van der Waals surface area (Å²) in [5, 5.41) is 13.5. The van der Waals surface area contributed by atoms with Gasteiger partial charge in [0.25, 0.3) is 5.91 Å². The Labute approximate surface area is 155 Å². The summed E-state index contributed by atoms with van der Waals surface area (Å²) >= 11 is 3.37. The highest BCUT2D eigenvalue weighted by Gasteiger charge is 2.60. The summed E-state index contributed by atoms with van der Waals surface area (Å²) in [6, 6.07) is 7.29. The Morgan fingerprint density at radius 2 is 1.88 bits per heavy atom. The average molecular weight is 408 g/mol. The number of hydrogen-bond donors (Lipinski definition) is 2. The van der Waals surface area contributed by atoms with Gasteiger partial charge in [-0.3, -0.25) is 9.59 Å². The summed E-state index contributed by atoms with van der Waals surface area (Å²) in [6.07, 6.45) is 4.78. The molecule has 134 valence electrons. The summed E-state index contributed by atoms with van der Waals surface area (Å²) in [7, 11) is 0. The van der Waals surface area contributed by atoms with Crippen LogP contribution in [0.4, 0.5) is 5.69 Å². The molecule has 0 saturated heterocycles. The number of anilines is 1. The van der Waals surface area contributed by atoms with Gasteiger partial charge < -0.3 is 15.2 Å². The van der Waals surface area contributed by atoms with Crippen molar-refractivity contribution in [3.05, 3.63) is 28.7 Å². The second-order valence-electron chi connectivity index (χ2n) is 8.07. The predicted octanol–water partition coefficient (Wildman–Crippen LogP) is 3.26. The van der Waals surface area contributed by atoms with Gasteiger partial charge in [0.2, 0.25) is 0 Å². The summed E-state index contributed by atoms with van der Waals surface area (Å²) < 4.78 is 6.14. The molecule has 4 saturated carbocycles. The molecule has 0 aliphatic heterocycles. The summed E-state index contributed by atoms with van der Waals surface area (Å²) in [4.78, 5) is 24.8. The van der Waals surface area contributed by atoms with Crippen LogP contribution >= 0.6 is 15.9 Å². The summed E-state index contributed by atoms with van der Waals surface area (Å²) in [5.74, 6) is 0.145. The molecule has 6 heteroatoms. The Hall–Kier alpha value is -1.40. The van der Waals surface area contributed by atoms with Gasteiger partial charge in [-0.2, -0.15) is 0 Å². The Bertz CT molecular complexity index is 705. The number of ether oxygens (including phenoxy) is 1. The van der Waals surface area contributed by atoms with E-state index in [1.165, 1.54) is 0 Å². The molecule has 5 nitrogen and oxygen atoms in total. The van der Waals surface area contributed by atoms with Crippen LogP contribution in [-0.4, -0.2) is 29.2 Å². The molecule has 4 aliphatic carbocycles. The quantitative estimate of drug-likeness (QED) is 0.750. The number of amides is 1. The second kappa shape index (κ2) is 6.09. The lowest BCUT2D eigenvalue weighted by Gasteiger charge is -2.58. The van der Waals surface area contributed by atoms with Crippen LogP contribution in [0.2, 0.25) is 0 Å². The van der Waals surface area contributed by atoms with Crippen molar-refractivity contribution in [3.63, 3.8) is 0 Å². The Balaban J connectivity index is 1.38. The fraction of sp³-hybridized carbons (Fsp3) is 0.579. The maximum Gasteiger partial charge on any atom is 0.312 e. The zero-order valence-corrected chi connectivity index (χ0v) is 15.5. The molecule has 4 aliphatic rings. The number of halogens is 1. The first-order chi connectivity index (χ1) is 11.9. The molecule has 2 unspecified atom stereocenters. The van der Waals surface area contributed by atoms with Gasteiger partial charge in [-0.1, -0.05) is 12.1 Å². The number of carbonyl (C=O) groups excluding carboxylic acids is 2. The van der Waals surface area contributed by atoms with Crippen LogP contribution in [0.3, 0.4) is 0 Å². The van der Waals surface area contributed by atoms with Crippen LogP contribution in [0.15, 0.2) is 28.7 Å². The first-order valence-electron chi connectivity index (χ1n) is 8.82. The molecule has 2 atom stereocenters. The molecule has 4 fully saturated rings. The van der Waals surface area contributed by atoms with Crippen molar-refractivity contribution in [2.45, 2.75) is 44.1 Å². The Morgan fingerprint density at radius 3 is 2.52 bits per heavy atom. The van der Waals surface area contributed by atoms with Crippen molar-refractivity contribution in [2.75, 3.05) is 11.9 Å². The van der Waals surface area contributed by atoms with Gasteiger partial charge in [-0.05, 0) is 78.4 Å². The molecule has 5 rings (SSSR count). The van der Waals surface area contributed by atoms with Gasteiger partial charge in [0, 0.05) is 4.47 Å². The zero-order valence-electron chi connectivity index (χ0n) is 14.0. The van der Waals surface area contributed by atoms with Crippen molar-refractivity contribution >= 4 is 33.5 Å². The molecular formula is C19H22BrNO4. The van der Waals surface area contributed by atoms with Crippen LogP contribution in [0.1, 0.15) is 38.5 Å². The van der Waals surface area contributed by atoms with E-state index in [0.717, 1.165) is 36.6 Å². The molecule has 1 aromatic rings. The van der Waals surface area contributed by atoms with Crippen LogP contribution in [0.25, 0.3) is 0 Å². The fourth-order valence-corrected chi connectivity index (χ4v) is 5.87. The summed E-state index contributed by atoms with van der Waals surface area (Å²) in [6.45, 7) is -0.296.